The van der Waals surface area contributed by atoms with E-state index in [1.165, 1.54) is 13.2 Å². The number of carbonyl (C=O) groups excluding carboxylic acids is 2. The third-order valence-corrected chi connectivity index (χ3v) is 2.42. The lowest BCUT2D eigenvalue weighted by molar-refractivity contribution is -0.134. The zero-order valence-corrected chi connectivity index (χ0v) is 8.82. The van der Waals surface area contributed by atoms with Crippen LogP contribution >= 0.6 is 0 Å². The molecule has 0 bridgehead atoms. The summed E-state index contributed by atoms with van der Waals surface area (Å²) in [4.78, 5) is 22.2. The van der Waals surface area contributed by atoms with Crippen LogP contribution in [0.4, 0.5) is 5.69 Å². The van der Waals surface area contributed by atoms with Crippen molar-refractivity contribution in [2.75, 3.05) is 12.4 Å². The zero-order chi connectivity index (χ0) is 11.5. The lowest BCUT2D eigenvalue weighted by Gasteiger charge is -2.01. The Morgan fingerprint density at radius 3 is 3.06 bits per heavy atom. The Bertz CT molecular complexity index is 477. The van der Waals surface area contributed by atoms with Gasteiger partial charge in [-0.1, -0.05) is 12.1 Å². The molecule has 0 unspecified atom stereocenters. The first-order valence-corrected chi connectivity index (χ1v) is 4.88. The predicted octanol–water partition coefficient (Wildman–Crippen LogP) is 1.37. The van der Waals surface area contributed by atoms with Crippen LogP contribution in [0.1, 0.15) is 11.1 Å². The highest BCUT2D eigenvalue weighted by Crippen LogP contribution is 2.26. The number of nitrogens with one attached hydrogen (secondary N) is 1. The van der Waals surface area contributed by atoms with Gasteiger partial charge in [0, 0.05) is 11.8 Å². The Morgan fingerprint density at radius 1 is 1.50 bits per heavy atom. The van der Waals surface area contributed by atoms with Gasteiger partial charge in [-0.3, -0.25) is 4.79 Å². The molecule has 4 nitrogen and oxygen atoms in total. The Balaban J connectivity index is 2.30. The van der Waals surface area contributed by atoms with Crippen molar-refractivity contribution in [3.05, 3.63) is 35.4 Å². The highest BCUT2D eigenvalue weighted by molar-refractivity contribution is 6.00. The molecule has 1 heterocycles. The quantitative estimate of drug-likeness (QED) is 0.601. The fourth-order valence-electron chi connectivity index (χ4n) is 1.66. The lowest BCUT2D eigenvalue weighted by Crippen LogP contribution is -2.03. The molecule has 0 aliphatic carbocycles. The van der Waals surface area contributed by atoms with Crippen LogP contribution < -0.4 is 5.32 Å². The molecule has 1 aliphatic rings. The highest BCUT2D eigenvalue weighted by atomic mass is 16.5. The van der Waals surface area contributed by atoms with Crippen molar-refractivity contribution in [2.45, 2.75) is 6.42 Å². The zero-order valence-electron chi connectivity index (χ0n) is 8.82. The molecule has 1 aromatic rings. The molecule has 0 spiro atoms. The summed E-state index contributed by atoms with van der Waals surface area (Å²) < 4.78 is 4.50. The third kappa shape index (κ3) is 1.95. The predicted molar refractivity (Wildman–Crippen MR) is 59.8 cm³/mol. The Hall–Kier alpha value is -2.10. The van der Waals surface area contributed by atoms with Crippen LogP contribution in [0.2, 0.25) is 0 Å². The molecule has 1 N–H and O–H groups in total. The minimum atomic E-state index is -0.408. The van der Waals surface area contributed by atoms with Crippen LogP contribution in [0.15, 0.2) is 24.3 Å². The molecule has 0 radical (unpaired) electrons. The van der Waals surface area contributed by atoms with Crippen molar-refractivity contribution in [3.63, 3.8) is 0 Å². The Kier molecular flexibility index (Phi) is 2.72. The second kappa shape index (κ2) is 4.18. The summed E-state index contributed by atoms with van der Waals surface area (Å²) in [6, 6.07) is 5.54. The normalized spacial score (nSPS) is 13.7. The maximum Gasteiger partial charge on any atom is 0.330 e. The summed E-state index contributed by atoms with van der Waals surface area (Å²) in [5, 5.41) is 2.75. The van der Waals surface area contributed by atoms with E-state index in [9.17, 15) is 9.59 Å². The van der Waals surface area contributed by atoms with Gasteiger partial charge in [-0.2, -0.15) is 0 Å². The van der Waals surface area contributed by atoms with Crippen LogP contribution in [0.3, 0.4) is 0 Å². The van der Waals surface area contributed by atoms with E-state index in [1.807, 2.05) is 18.2 Å². The van der Waals surface area contributed by atoms with E-state index in [-0.39, 0.29) is 5.91 Å². The third-order valence-electron chi connectivity index (χ3n) is 2.42. The van der Waals surface area contributed by atoms with Crippen LogP contribution in [0.25, 0.3) is 6.08 Å². The number of anilines is 1. The van der Waals surface area contributed by atoms with Gasteiger partial charge in [0.25, 0.3) is 0 Å². The van der Waals surface area contributed by atoms with Gasteiger partial charge in [-0.15, -0.1) is 0 Å². The molecular formula is C12H11NO3. The fraction of sp³-hybridized carbons (Fsp3) is 0.167. The standard InChI is InChI=1S/C12H11NO3/c1-16-12(15)6-5-8-3-2-4-10-9(8)7-11(14)13-10/h2-6H,7H2,1H3,(H,13,14)/b6-5+. The van der Waals surface area contributed by atoms with Crippen LogP contribution in [0, 0.1) is 0 Å². The molecule has 2 rings (SSSR count). The first kappa shape index (κ1) is 10.4. The van der Waals surface area contributed by atoms with E-state index in [0.29, 0.717) is 6.42 Å². The lowest BCUT2D eigenvalue weighted by atomic mass is 10.0. The molecule has 0 saturated heterocycles. The number of ether oxygens (including phenoxy) is 1. The molecule has 0 fully saturated rings. The SMILES string of the molecule is COC(=O)/C=C/c1cccc2c1CC(=O)N2. The largest absolute Gasteiger partial charge is 0.466 e. The number of carbonyl (C=O) groups is 2. The number of amides is 1. The van der Waals surface area contributed by atoms with E-state index in [1.54, 1.807) is 6.08 Å². The number of fused-ring (bicyclic) bond motifs is 1. The van der Waals surface area contributed by atoms with Crippen LogP contribution in [-0.2, 0) is 20.7 Å². The average Bonchev–Trinajstić information content (AvgIpc) is 2.66. The number of esters is 1. The Morgan fingerprint density at radius 2 is 2.31 bits per heavy atom. The van der Waals surface area contributed by atoms with Crippen molar-refractivity contribution in [2.24, 2.45) is 0 Å². The van der Waals surface area contributed by atoms with Gasteiger partial charge >= 0.3 is 5.97 Å². The second-order valence-corrected chi connectivity index (χ2v) is 3.45. The van der Waals surface area contributed by atoms with E-state index in [0.717, 1.165) is 16.8 Å². The van der Waals surface area contributed by atoms with E-state index >= 15 is 0 Å². The fourth-order valence-corrected chi connectivity index (χ4v) is 1.66. The van der Waals surface area contributed by atoms with Crippen LogP contribution in [0.5, 0.6) is 0 Å². The van der Waals surface area contributed by atoms with Crippen molar-refractivity contribution >= 4 is 23.6 Å². The maximum absolute atomic E-state index is 11.2. The van der Waals surface area contributed by atoms with Gasteiger partial charge in [0.05, 0.1) is 13.5 Å². The smallest absolute Gasteiger partial charge is 0.330 e. The van der Waals surface area contributed by atoms with Crippen molar-refractivity contribution < 1.29 is 14.3 Å². The summed E-state index contributed by atoms with van der Waals surface area (Å²) in [5.41, 5.74) is 2.60. The van der Waals surface area contributed by atoms with Gasteiger partial charge in [0.15, 0.2) is 0 Å². The van der Waals surface area contributed by atoms with Crippen molar-refractivity contribution in [1.29, 1.82) is 0 Å². The monoisotopic (exact) mass is 217 g/mol. The van der Waals surface area contributed by atoms with Gasteiger partial charge < -0.3 is 10.1 Å². The number of methoxy groups -OCH3 is 1. The van der Waals surface area contributed by atoms with Crippen LogP contribution in [-0.4, -0.2) is 19.0 Å². The minimum absolute atomic E-state index is 0.0195. The minimum Gasteiger partial charge on any atom is -0.466 e. The first-order chi connectivity index (χ1) is 7.70. The molecule has 1 aromatic carbocycles. The molecule has 4 heteroatoms. The second-order valence-electron chi connectivity index (χ2n) is 3.45. The summed E-state index contributed by atoms with van der Waals surface area (Å²) in [5.74, 6) is -0.427. The summed E-state index contributed by atoms with van der Waals surface area (Å²) in [7, 11) is 1.33. The number of rotatable bonds is 2. The van der Waals surface area contributed by atoms with Gasteiger partial charge in [-0.25, -0.2) is 4.79 Å². The summed E-state index contributed by atoms with van der Waals surface area (Å²) in [6.07, 6.45) is 3.36. The molecule has 1 amide bonds. The number of hydrogen-bond donors (Lipinski definition) is 1. The molecule has 1 aliphatic heterocycles. The molecule has 0 atom stereocenters. The van der Waals surface area contributed by atoms with E-state index in [2.05, 4.69) is 10.1 Å². The van der Waals surface area contributed by atoms with Gasteiger partial charge in [-0.05, 0) is 23.3 Å². The Labute approximate surface area is 92.9 Å². The van der Waals surface area contributed by atoms with E-state index in [4.69, 9.17) is 0 Å². The molecule has 0 saturated carbocycles. The van der Waals surface area contributed by atoms with Crippen molar-refractivity contribution in [1.82, 2.24) is 0 Å². The molecular weight excluding hydrogens is 206 g/mol. The molecule has 82 valence electrons. The molecule has 0 aromatic heterocycles. The maximum atomic E-state index is 11.2. The number of benzene rings is 1. The first-order valence-electron chi connectivity index (χ1n) is 4.88. The average molecular weight is 217 g/mol. The van der Waals surface area contributed by atoms with Crippen molar-refractivity contribution in [3.8, 4) is 0 Å². The topological polar surface area (TPSA) is 55.4 Å². The number of hydrogen-bond acceptors (Lipinski definition) is 3. The van der Waals surface area contributed by atoms with Gasteiger partial charge in [0.1, 0.15) is 0 Å². The summed E-state index contributed by atoms with van der Waals surface area (Å²) >= 11 is 0. The van der Waals surface area contributed by atoms with Gasteiger partial charge in [0.2, 0.25) is 5.91 Å². The highest BCUT2D eigenvalue weighted by Gasteiger charge is 2.19. The molecule has 16 heavy (non-hydrogen) atoms. The van der Waals surface area contributed by atoms with E-state index < -0.39 is 5.97 Å². The summed E-state index contributed by atoms with van der Waals surface area (Å²) in [6.45, 7) is 0.